The first-order chi connectivity index (χ1) is 25.3. The summed E-state index contributed by atoms with van der Waals surface area (Å²) in [7, 11) is 0. The number of para-hydroxylation sites is 4. The molecule has 5 nitrogen and oxygen atoms in total. The van der Waals surface area contributed by atoms with Crippen LogP contribution < -0.4 is 0 Å². The molecule has 6 aromatic carbocycles. The van der Waals surface area contributed by atoms with Crippen molar-refractivity contribution in [3.8, 4) is 34.0 Å². The summed E-state index contributed by atoms with van der Waals surface area (Å²) >= 11 is 0. The van der Waals surface area contributed by atoms with Gasteiger partial charge >= 0.3 is 6.18 Å². The molecule has 4 aromatic heterocycles. The molecule has 0 radical (unpaired) electrons. The first kappa shape index (κ1) is 30.2. The van der Waals surface area contributed by atoms with Crippen molar-refractivity contribution in [3.63, 3.8) is 0 Å². The molecule has 0 aliphatic carbocycles. The number of nitrogens with one attached hydrogen (secondary N) is 1. The number of rotatable bonds is 4. The number of nitrogens with zero attached hydrogens (tertiary/aromatic N) is 4. The van der Waals surface area contributed by atoms with Crippen LogP contribution in [0.15, 0.2) is 146 Å². The molecule has 250 valence electrons. The third kappa shape index (κ3) is 4.57. The molecule has 0 amide bonds. The molecule has 0 spiro atoms. The number of H-pyrrole nitrogens is 1. The van der Waals surface area contributed by atoms with Crippen LogP contribution >= 0.6 is 0 Å². The molecule has 0 fully saturated rings. The van der Waals surface area contributed by atoms with Crippen LogP contribution in [0, 0.1) is 6.92 Å². The largest absolute Gasteiger partial charge is 0.416 e. The van der Waals surface area contributed by atoms with Gasteiger partial charge in [-0.3, -0.25) is 9.13 Å². The van der Waals surface area contributed by atoms with Gasteiger partial charge in [0.2, 0.25) is 0 Å². The van der Waals surface area contributed by atoms with Gasteiger partial charge in [-0.2, -0.15) is 13.2 Å². The quantitative estimate of drug-likeness (QED) is 0.201. The summed E-state index contributed by atoms with van der Waals surface area (Å²) in [5.41, 5.74) is 9.01. The van der Waals surface area contributed by atoms with Gasteiger partial charge in [0.15, 0.2) is 0 Å². The van der Waals surface area contributed by atoms with Gasteiger partial charge < -0.3 is 4.98 Å². The molecule has 52 heavy (non-hydrogen) atoms. The smallest absolute Gasteiger partial charge is 0.354 e. The van der Waals surface area contributed by atoms with E-state index in [2.05, 4.69) is 69.1 Å². The fourth-order valence-corrected chi connectivity index (χ4v) is 7.66. The van der Waals surface area contributed by atoms with Crippen LogP contribution in [0.5, 0.6) is 0 Å². The number of aromatic amines is 1. The predicted octanol–water partition coefficient (Wildman–Crippen LogP) is 11.8. The molecule has 1 N–H and O–H groups in total. The van der Waals surface area contributed by atoms with E-state index in [1.807, 2.05) is 78.2 Å². The van der Waals surface area contributed by atoms with Gasteiger partial charge in [-0.1, -0.05) is 78.9 Å². The average molecular weight is 684 g/mol. The van der Waals surface area contributed by atoms with Crippen LogP contribution in [0.3, 0.4) is 0 Å². The van der Waals surface area contributed by atoms with E-state index in [0.29, 0.717) is 11.3 Å². The van der Waals surface area contributed by atoms with E-state index >= 15 is 0 Å². The van der Waals surface area contributed by atoms with E-state index in [-0.39, 0.29) is 0 Å². The van der Waals surface area contributed by atoms with E-state index in [9.17, 15) is 13.2 Å². The Balaban J connectivity index is 1.25. The lowest BCUT2D eigenvalue weighted by Crippen LogP contribution is -2.05. The maximum absolute atomic E-state index is 14.0. The minimum Gasteiger partial charge on any atom is -0.354 e. The standard InChI is InChI=1S/C44H28F3N5/c1-26-21-22-48-40(23-26)52-38-24-27(17-19-32(38)33-20-18-28(25-39(33)52)44(45,46)47)30-12-8-16-37-42(30)50-43(51(37)29-9-3-2-4-10-29)35-14-7-13-34-31-11-5-6-15-36(31)49-41(34)35/h2-25,49H,1H3. The molecular formula is C44H28F3N5. The van der Waals surface area contributed by atoms with Crippen LogP contribution in [-0.4, -0.2) is 24.1 Å². The number of halogens is 3. The number of imidazole rings is 1. The van der Waals surface area contributed by atoms with E-state index in [1.54, 1.807) is 12.3 Å². The molecular weight excluding hydrogens is 656 g/mol. The van der Waals surface area contributed by atoms with E-state index in [1.165, 1.54) is 6.07 Å². The first-order valence-corrected chi connectivity index (χ1v) is 17.0. The number of fused-ring (bicyclic) bond motifs is 7. The molecule has 0 aliphatic rings. The highest BCUT2D eigenvalue weighted by molar-refractivity contribution is 6.13. The number of benzene rings is 6. The van der Waals surface area contributed by atoms with Gasteiger partial charge in [-0.15, -0.1) is 0 Å². The van der Waals surface area contributed by atoms with Crippen LogP contribution in [0.1, 0.15) is 11.1 Å². The summed E-state index contributed by atoms with van der Waals surface area (Å²) < 4.78 is 46.0. The minimum atomic E-state index is -4.48. The Bertz CT molecular complexity index is 3020. The van der Waals surface area contributed by atoms with Crippen molar-refractivity contribution in [1.29, 1.82) is 0 Å². The number of hydrogen-bond donors (Lipinski definition) is 1. The van der Waals surface area contributed by atoms with Crippen LogP contribution in [0.4, 0.5) is 13.2 Å². The van der Waals surface area contributed by atoms with Gasteiger partial charge in [0, 0.05) is 50.1 Å². The molecule has 0 unspecified atom stereocenters. The summed E-state index contributed by atoms with van der Waals surface area (Å²) in [6, 6.07) is 44.7. The van der Waals surface area contributed by atoms with Crippen molar-refractivity contribution in [3.05, 3.63) is 157 Å². The first-order valence-electron chi connectivity index (χ1n) is 17.0. The lowest BCUT2D eigenvalue weighted by molar-refractivity contribution is -0.137. The Morgan fingerprint density at radius 3 is 2.15 bits per heavy atom. The monoisotopic (exact) mass is 683 g/mol. The highest BCUT2D eigenvalue weighted by Gasteiger charge is 2.31. The topological polar surface area (TPSA) is 51.4 Å². The minimum absolute atomic E-state index is 0.445. The molecule has 0 saturated heterocycles. The van der Waals surface area contributed by atoms with Gasteiger partial charge in [0.1, 0.15) is 11.6 Å². The Morgan fingerprint density at radius 1 is 0.596 bits per heavy atom. The van der Waals surface area contributed by atoms with Crippen molar-refractivity contribution in [2.24, 2.45) is 0 Å². The molecule has 0 bridgehead atoms. The summed E-state index contributed by atoms with van der Waals surface area (Å²) in [6.45, 7) is 1.95. The zero-order valence-corrected chi connectivity index (χ0v) is 27.8. The normalized spacial score (nSPS) is 12.2. The molecule has 0 saturated carbocycles. The van der Waals surface area contributed by atoms with Crippen molar-refractivity contribution in [1.82, 2.24) is 24.1 Å². The van der Waals surface area contributed by atoms with Crippen molar-refractivity contribution in [2.75, 3.05) is 0 Å². The second-order valence-electron chi connectivity index (χ2n) is 13.2. The van der Waals surface area contributed by atoms with Gasteiger partial charge in [-0.25, -0.2) is 9.97 Å². The third-order valence-electron chi connectivity index (χ3n) is 10.0. The van der Waals surface area contributed by atoms with Crippen LogP contribution in [0.25, 0.3) is 88.7 Å². The molecule has 0 atom stereocenters. The fraction of sp³-hybridized carbons (Fsp3) is 0.0455. The Hall–Kier alpha value is -6.67. The lowest BCUT2D eigenvalue weighted by Gasteiger charge is -2.11. The Morgan fingerprint density at radius 2 is 1.33 bits per heavy atom. The zero-order valence-electron chi connectivity index (χ0n) is 27.8. The average Bonchev–Trinajstić information content (AvgIpc) is 3.84. The highest BCUT2D eigenvalue weighted by atomic mass is 19.4. The highest BCUT2D eigenvalue weighted by Crippen LogP contribution is 2.41. The summed E-state index contributed by atoms with van der Waals surface area (Å²) in [5.74, 6) is 1.35. The fourth-order valence-electron chi connectivity index (χ4n) is 7.66. The SMILES string of the molecule is Cc1ccnc(-n2c3cc(-c4cccc5c4nc(-c4cccc6c4[nH]c4ccccc46)n5-c4ccccc4)ccc3c3ccc(C(F)(F)F)cc32)c1. The number of aryl methyl sites for hydroxylation is 1. The van der Waals surface area contributed by atoms with Crippen LogP contribution in [-0.2, 0) is 6.18 Å². The third-order valence-corrected chi connectivity index (χ3v) is 10.0. The van der Waals surface area contributed by atoms with E-state index < -0.39 is 11.7 Å². The Kier molecular flexibility index (Phi) is 6.48. The molecule has 10 aromatic rings. The predicted molar refractivity (Wildman–Crippen MR) is 203 cm³/mol. The summed E-state index contributed by atoms with van der Waals surface area (Å²) in [5, 5.41) is 3.83. The van der Waals surface area contributed by atoms with Gasteiger partial charge in [0.05, 0.1) is 33.1 Å². The van der Waals surface area contributed by atoms with E-state index in [4.69, 9.17) is 4.98 Å². The number of hydrogen-bond acceptors (Lipinski definition) is 2. The summed E-state index contributed by atoms with van der Waals surface area (Å²) in [6.07, 6.45) is -2.80. The van der Waals surface area contributed by atoms with Crippen LogP contribution in [0.2, 0.25) is 0 Å². The van der Waals surface area contributed by atoms with E-state index in [0.717, 1.165) is 89.0 Å². The van der Waals surface area contributed by atoms with Crippen molar-refractivity contribution < 1.29 is 13.2 Å². The molecule has 10 rings (SSSR count). The molecule has 4 heterocycles. The molecule has 0 aliphatic heterocycles. The maximum atomic E-state index is 14.0. The second kappa shape index (κ2) is 11.2. The van der Waals surface area contributed by atoms with Crippen molar-refractivity contribution >= 4 is 54.6 Å². The maximum Gasteiger partial charge on any atom is 0.416 e. The lowest BCUT2D eigenvalue weighted by atomic mass is 10.0. The summed E-state index contributed by atoms with van der Waals surface area (Å²) in [4.78, 5) is 13.7. The van der Waals surface area contributed by atoms with Crippen molar-refractivity contribution in [2.45, 2.75) is 13.1 Å². The molecule has 8 heteroatoms. The zero-order chi connectivity index (χ0) is 35.1. The number of aromatic nitrogens is 5. The number of alkyl halides is 3. The second-order valence-corrected chi connectivity index (χ2v) is 13.2. The Labute approximate surface area is 295 Å². The van der Waals surface area contributed by atoms with Gasteiger partial charge in [-0.05, 0) is 78.7 Å². The van der Waals surface area contributed by atoms with Gasteiger partial charge in [0.25, 0.3) is 0 Å². The number of pyridine rings is 1.